The van der Waals surface area contributed by atoms with Crippen LogP contribution < -0.4 is 0 Å². The summed E-state index contributed by atoms with van der Waals surface area (Å²) < 4.78 is 64.8. The first kappa shape index (κ1) is 32.0. The number of benzene rings is 2. The summed E-state index contributed by atoms with van der Waals surface area (Å²) in [7, 11) is 0. The summed E-state index contributed by atoms with van der Waals surface area (Å²) in [4.78, 5) is 24.7. The van der Waals surface area contributed by atoms with Crippen molar-refractivity contribution >= 4 is 11.9 Å². The lowest BCUT2D eigenvalue weighted by Gasteiger charge is -2.28. The van der Waals surface area contributed by atoms with E-state index in [1.165, 1.54) is 24.3 Å². The predicted molar refractivity (Wildman–Crippen MR) is 152 cm³/mol. The fourth-order valence-electron chi connectivity index (χ4n) is 6.38. The number of halogens is 4. The molecule has 2 aromatic rings. The van der Waals surface area contributed by atoms with Crippen LogP contribution in [0.15, 0.2) is 36.4 Å². The Morgan fingerprint density at radius 3 is 1.38 bits per heavy atom. The summed E-state index contributed by atoms with van der Waals surface area (Å²) in [5.41, 5.74) is 1.59. The minimum absolute atomic E-state index is 0.122. The normalized spacial score (nSPS) is 23.3. The standard InChI is InChI=1S/C34H42F4O4/c1-22(4-2-6-33(39)41-27-14-8-23(9-15-27)25-12-18-29(35)31(37)20-25)5-3-7-34(40)42-28-16-10-24(11-17-28)26-13-19-30(36)32(38)21-26/h12-13,18-24,27-28H,2-11,14-17H2,1H3. The Labute approximate surface area is 246 Å². The quantitative estimate of drug-likeness (QED) is 0.183. The van der Waals surface area contributed by atoms with Crippen LogP contribution in [0.4, 0.5) is 17.6 Å². The van der Waals surface area contributed by atoms with Crippen molar-refractivity contribution in [2.45, 2.75) is 121 Å². The summed E-state index contributed by atoms with van der Waals surface area (Å²) in [6.07, 6.45) is 9.69. The van der Waals surface area contributed by atoms with E-state index in [-0.39, 0.29) is 36.0 Å². The molecule has 0 aliphatic heterocycles. The summed E-state index contributed by atoms with van der Waals surface area (Å²) in [6.45, 7) is 2.12. The smallest absolute Gasteiger partial charge is 0.306 e. The molecular weight excluding hydrogens is 548 g/mol. The van der Waals surface area contributed by atoms with Crippen molar-refractivity contribution in [3.8, 4) is 0 Å². The molecule has 0 aromatic heterocycles. The third-order valence-corrected chi connectivity index (χ3v) is 8.93. The molecule has 0 heterocycles. The van der Waals surface area contributed by atoms with Crippen LogP contribution in [0.25, 0.3) is 0 Å². The van der Waals surface area contributed by atoms with Crippen LogP contribution in [0, 0.1) is 29.2 Å². The third kappa shape index (κ3) is 9.56. The van der Waals surface area contributed by atoms with Gasteiger partial charge in [0.05, 0.1) is 0 Å². The molecule has 0 unspecified atom stereocenters. The van der Waals surface area contributed by atoms with Crippen molar-refractivity contribution < 1.29 is 36.6 Å². The van der Waals surface area contributed by atoms with Gasteiger partial charge in [0.1, 0.15) is 12.2 Å². The summed E-state index contributed by atoms with van der Waals surface area (Å²) >= 11 is 0. The van der Waals surface area contributed by atoms with Gasteiger partial charge in [-0.15, -0.1) is 0 Å². The van der Waals surface area contributed by atoms with Crippen molar-refractivity contribution in [1.29, 1.82) is 0 Å². The number of ether oxygens (including phenoxy) is 2. The molecule has 4 nitrogen and oxygen atoms in total. The SMILES string of the molecule is CC(CCCC(=O)OC1CCC(c2ccc(F)c(F)c2)CC1)CCCC(=O)OC1CCC(c2ccc(F)c(F)c2)CC1. The van der Waals surface area contributed by atoms with Crippen molar-refractivity contribution in [1.82, 2.24) is 0 Å². The molecule has 0 atom stereocenters. The van der Waals surface area contributed by atoms with E-state index in [9.17, 15) is 27.2 Å². The van der Waals surface area contributed by atoms with Gasteiger partial charge in [0, 0.05) is 12.8 Å². The molecule has 4 rings (SSSR count). The maximum absolute atomic E-state index is 13.5. The zero-order chi connectivity index (χ0) is 30.1. The third-order valence-electron chi connectivity index (χ3n) is 8.93. The van der Waals surface area contributed by atoms with E-state index >= 15 is 0 Å². The maximum atomic E-state index is 13.5. The summed E-state index contributed by atoms with van der Waals surface area (Å²) in [5, 5.41) is 0. The Balaban J connectivity index is 1.03. The van der Waals surface area contributed by atoms with E-state index in [1.807, 2.05) is 0 Å². The largest absolute Gasteiger partial charge is 0.462 e. The number of carbonyl (C=O) groups is 2. The average Bonchev–Trinajstić information content (AvgIpc) is 2.97. The van der Waals surface area contributed by atoms with E-state index in [2.05, 4.69) is 6.92 Å². The average molecular weight is 591 g/mol. The van der Waals surface area contributed by atoms with Crippen molar-refractivity contribution in [3.63, 3.8) is 0 Å². The molecule has 2 fully saturated rings. The highest BCUT2D eigenvalue weighted by atomic mass is 19.2. The van der Waals surface area contributed by atoms with Gasteiger partial charge in [-0.1, -0.05) is 31.9 Å². The lowest BCUT2D eigenvalue weighted by atomic mass is 9.82. The number of carbonyl (C=O) groups excluding carboxylic acids is 2. The molecule has 2 aliphatic rings. The van der Waals surface area contributed by atoms with E-state index in [0.29, 0.717) is 18.8 Å². The van der Waals surface area contributed by atoms with Gasteiger partial charge in [-0.05, 0) is 117 Å². The van der Waals surface area contributed by atoms with Gasteiger partial charge in [-0.2, -0.15) is 0 Å². The topological polar surface area (TPSA) is 52.6 Å². The van der Waals surface area contributed by atoms with Gasteiger partial charge < -0.3 is 9.47 Å². The monoisotopic (exact) mass is 590 g/mol. The van der Waals surface area contributed by atoms with E-state index in [4.69, 9.17) is 9.47 Å². The molecule has 42 heavy (non-hydrogen) atoms. The second kappa shape index (κ2) is 15.5. The Kier molecular flexibility index (Phi) is 11.8. The Bertz CT molecular complexity index is 1090. The van der Waals surface area contributed by atoms with E-state index < -0.39 is 23.3 Å². The first-order valence-corrected chi connectivity index (χ1v) is 15.5. The molecular formula is C34H42F4O4. The van der Waals surface area contributed by atoms with Gasteiger partial charge >= 0.3 is 11.9 Å². The number of esters is 2. The molecule has 0 spiro atoms. The van der Waals surface area contributed by atoms with Gasteiger partial charge in [0.25, 0.3) is 0 Å². The first-order valence-electron chi connectivity index (χ1n) is 15.5. The van der Waals surface area contributed by atoms with Gasteiger partial charge in [0.15, 0.2) is 23.3 Å². The molecule has 230 valence electrons. The minimum Gasteiger partial charge on any atom is -0.462 e. The fraction of sp³-hybridized carbons (Fsp3) is 0.588. The van der Waals surface area contributed by atoms with Crippen molar-refractivity contribution in [3.05, 3.63) is 70.8 Å². The second-order valence-electron chi connectivity index (χ2n) is 12.2. The molecule has 0 saturated heterocycles. The Morgan fingerprint density at radius 1 is 0.643 bits per heavy atom. The highest BCUT2D eigenvalue weighted by Crippen LogP contribution is 2.36. The molecule has 8 heteroatoms. The van der Waals surface area contributed by atoms with Crippen LogP contribution in [0.5, 0.6) is 0 Å². The highest BCUT2D eigenvalue weighted by molar-refractivity contribution is 5.69. The Hall–Kier alpha value is -2.90. The lowest BCUT2D eigenvalue weighted by Crippen LogP contribution is -2.24. The first-order chi connectivity index (χ1) is 20.2. The molecule has 2 aliphatic carbocycles. The zero-order valence-electron chi connectivity index (χ0n) is 24.4. The molecule has 2 aromatic carbocycles. The molecule has 0 radical (unpaired) electrons. The maximum Gasteiger partial charge on any atom is 0.306 e. The molecule has 2 saturated carbocycles. The minimum atomic E-state index is -0.839. The molecule has 0 N–H and O–H groups in total. The second-order valence-corrected chi connectivity index (χ2v) is 12.2. The van der Waals surface area contributed by atoms with Crippen LogP contribution >= 0.6 is 0 Å². The van der Waals surface area contributed by atoms with Crippen LogP contribution in [-0.2, 0) is 19.1 Å². The summed E-state index contributed by atoms with van der Waals surface area (Å²) in [6, 6.07) is 8.14. The van der Waals surface area contributed by atoms with Gasteiger partial charge in [-0.25, -0.2) is 17.6 Å². The lowest BCUT2D eigenvalue weighted by molar-refractivity contribution is -0.151. The van der Waals surface area contributed by atoms with Crippen LogP contribution in [0.2, 0.25) is 0 Å². The molecule has 0 bridgehead atoms. The van der Waals surface area contributed by atoms with Crippen molar-refractivity contribution in [2.75, 3.05) is 0 Å². The number of hydrogen-bond donors (Lipinski definition) is 0. The Morgan fingerprint density at radius 2 is 1.02 bits per heavy atom. The number of hydrogen-bond acceptors (Lipinski definition) is 4. The van der Waals surface area contributed by atoms with Gasteiger partial charge in [-0.3, -0.25) is 9.59 Å². The van der Waals surface area contributed by atoms with Crippen LogP contribution in [0.3, 0.4) is 0 Å². The predicted octanol–water partition coefficient (Wildman–Crippen LogP) is 9.06. The van der Waals surface area contributed by atoms with Gasteiger partial charge in [0.2, 0.25) is 0 Å². The summed E-state index contributed by atoms with van der Waals surface area (Å²) in [5.74, 6) is -3.03. The zero-order valence-corrected chi connectivity index (χ0v) is 24.4. The number of rotatable bonds is 12. The van der Waals surface area contributed by atoms with E-state index in [1.54, 1.807) is 12.1 Å². The van der Waals surface area contributed by atoms with E-state index in [0.717, 1.165) is 88.2 Å². The van der Waals surface area contributed by atoms with Crippen molar-refractivity contribution in [2.24, 2.45) is 5.92 Å². The highest BCUT2D eigenvalue weighted by Gasteiger charge is 2.27. The van der Waals surface area contributed by atoms with Crippen LogP contribution in [0.1, 0.15) is 120 Å². The van der Waals surface area contributed by atoms with Crippen LogP contribution in [-0.4, -0.2) is 24.1 Å². The molecule has 0 amide bonds. The fourth-order valence-corrected chi connectivity index (χ4v) is 6.38.